The first kappa shape index (κ1) is 25.9. The van der Waals surface area contributed by atoms with Gasteiger partial charge in [0.1, 0.15) is 36.9 Å². The van der Waals surface area contributed by atoms with Crippen molar-refractivity contribution in [2.45, 2.75) is 19.1 Å². The fraction of sp³-hybridized carbons (Fsp3) is 0.708. The van der Waals surface area contributed by atoms with Crippen LogP contribution in [0.3, 0.4) is 0 Å². The second kappa shape index (κ2) is 12.6. The van der Waals surface area contributed by atoms with E-state index in [1.807, 2.05) is 0 Å². The zero-order valence-electron chi connectivity index (χ0n) is 20.3. The number of aliphatic hydroxyl groups is 2. The average Bonchev–Trinajstić information content (AvgIpc) is 2.79. The van der Waals surface area contributed by atoms with Crippen molar-refractivity contribution < 1.29 is 24.5 Å². The minimum atomic E-state index is -0.631. The highest BCUT2D eigenvalue weighted by atomic mass is 16.5. The summed E-state index contributed by atoms with van der Waals surface area (Å²) in [6.07, 6.45) is -1.23. The van der Waals surface area contributed by atoms with Crippen molar-refractivity contribution in [1.82, 2.24) is 19.6 Å². The third-order valence-corrected chi connectivity index (χ3v) is 6.33. The van der Waals surface area contributed by atoms with Crippen molar-refractivity contribution in [2.75, 3.05) is 92.8 Å². The molecule has 2 fully saturated rings. The zero-order chi connectivity index (χ0) is 23.8. The van der Waals surface area contributed by atoms with Gasteiger partial charge in [0.05, 0.1) is 5.56 Å². The number of hydrogen-bond donors (Lipinski definition) is 2. The summed E-state index contributed by atoms with van der Waals surface area (Å²) in [5, 5.41) is 20.7. The highest BCUT2D eigenvalue weighted by molar-refractivity contribution is 5.97. The number of Topliss-reactive ketones (excluding diaryl/α,β-unsaturated/α-hetero) is 1. The molecule has 1 aromatic carbocycles. The van der Waals surface area contributed by atoms with Crippen molar-refractivity contribution >= 4 is 5.78 Å². The number of benzene rings is 1. The Labute approximate surface area is 197 Å². The van der Waals surface area contributed by atoms with Crippen LogP contribution >= 0.6 is 0 Å². The topological polar surface area (TPSA) is 89.0 Å². The van der Waals surface area contributed by atoms with E-state index in [1.54, 1.807) is 18.2 Å². The van der Waals surface area contributed by atoms with E-state index >= 15 is 0 Å². The molecule has 0 amide bonds. The number of ether oxygens (including phenoxy) is 2. The van der Waals surface area contributed by atoms with Crippen LogP contribution < -0.4 is 9.47 Å². The van der Waals surface area contributed by atoms with E-state index in [-0.39, 0.29) is 19.0 Å². The third kappa shape index (κ3) is 8.51. The number of likely N-dealkylation sites (N-methyl/N-ethyl adjacent to an activating group) is 2. The smallest absolute Gasteiger partial charge is 0.163 e. The van der Waals surface area contributed by atoms with E-state index < -0.39 is 12.2 Å². The predicted octanol–water partition coefficient (Wildman–Crippen LogP) is -0.137. The Balaban J connectivity index is 1.46. The van der Waals surface area contributed by atoms with Crippen molar-refractivity contribution in [1.29, 1.82) is 0 Å². The molecule has 2 heterocycles. The largest absolute Gasteiger partial charge is 0.491 e. The van der Waals surface area contributed by atoms with Gasteiger partial charge in [-0.15, -0.1) is 0 Å². The predicted molar refractivity (Wildman–Crippen MR) is 127 cm³/mol. The van der Waals surface area contributed by atoms with Crippen LogP contribution in [0.4, 0.5) is 0 Å². The van der Waals surface area contributed by atoms with Crippen molar-refractivity contribution in [2.24, 2.45) is 0 Å². The van der Waals surface area contributed by atoms with Crippen LogP contribution in [0.15, 0.2) is 18.2 Å². The first-order valence-corrected chi connectivity index (χ1v) is 11.9. The van der Waals surface area contributed by atoms with Gasteiger partial charge in [-0.1, -0.05) is 0 Å². The summed E-state index contributed by atoms with van der Waals surface area (Å²) in [5.41, 5.74) is 0.410. The molecule has 2 unspecified atom stereocenters. The lowest BCUT2D eigenvalue weighted by atomic mass is 10.1. The molecule has 9 heteroatoms. The fourth-order valence-electron chi connectivity index (χ4n) is 4.14. The molecule has 2 aliphatic heterocycles. The van der Waals surface area contributed by atoms with Gasteiger partial charge in [0.25, 0.3) is 0 Å². The van der Waals surface area contributed by atoms with Crippen LogP contribution in [-0.2, 0) is 0 Å². The van der Waals surface area contributed by atoms with Gasteiger partial charge in [0.15, 0.2) is 5.78 Å². The Bertz CT molecular complexity index is 748. The molecule has 9 nitrogen and oxygen atoms in total. The van der Waals surface area contributed by atoms with E-state index in [2.05, 4.69) is 33.7 Å². The van der Waals surface area contributed by atoms with Gasteiger partial charge in [-0.2, -0.15) is 0 Å². The summed E-state index contributed by atoms with van der Waals surface area (Å²) in [5.74, 6) is 0.815. The monoisotopic (exact) mass is 464 g/mol. The van der Waals surface area contributed by atoms with Crippen LogP contribution in [0.25, 0.3) is 0 Å². The van der Waals surface area contributed by atoms with E-state index in [9.17, 15) is 15.0 Å². The fourth-order valence-corrected chi connectivity index (χ4v) is 4.14. The summed E-state index contributed by atoms with van der Waals surface area (Å²) in [7, 11) is 4.20. The minimum absolute atomic E-state index is 0.122. The van der Waals surface area contributed by atoms with E-state index in [1.165, 1.54) is 6.92 Å². The second-order valence-electron chi connectivity index (χ2n) is 9.35. The Morgan fingerprint density at radius 2 is 1.33 bits per heavy atom. The maximum absolute atomic E-state index is 12.2. The van der Waals surface area contributed by atoms with Crippen molar-refractivity contribution in [3.05, 3.63) is 23.8 Å². The highest BCUT2D eigenvalue weighted by Gasteiger charge is 2.20. The molecule has 186 valence electrons. The molecular formula is C24H40N4O5. The standard InChI is InChI=1S/C24H40N4O5/c1-19(29)23-14-22(32-17-20(30)15-27-10-6-25(2)7-11-27)4-5-24(23)33-18-21(31)16-28-12-8-26(3)9-13-28/h4-5,14,20-21,30-31H,6-13,15-18H2,1-3H3. The molecule has 33 heavy (non-hydrogen) atoms. The average molecular weight is 465 g/mol. The second-order valence-corrected chi connectivity index (χ2v) is 9.35. The number of β-amino-alcohol motifs (C(OH)–C–C–N with tert-alkyl or cyclic N) is 2. The summed E-state index contributed by atoms with van der Waals surface area (Å²) < 4.78 is 11.5. The number of carbonyl (C=O) groups excluding carboxylic acids is 1. The van der Waals surface area contributed by atoms with Crippen LogP contribution in [-0.4, -0.2) is 141 Å². The van der Waals surface area contributed by atoms with Crippen LogP contribution in [0.1, 0.15) is 17.3 Å². The maximum atomic E-state index is 12.2. The van der Waals surface area contributed by atoms with Gasteiger partial charge >= 0.3 is 0 Å². The summed E-state index contributed by atoms with van der Waals surface area (Å²) in [6.45, 7) is 10.6. The quantitative estimate of drug-likeness (QED) is 0.435. The van der Waals surface area contributed by atoms with Gasteiger partial charge in [0.2, 0.25) is 0 Å². The van der Waals surface area contributed by atoms with E-state index in [0.29, 0.717) is 30.2 Å². The summed E-state index contributed by atoms with van der Waals surface area (Å²) in [6, 6.07) is 5.08. The SMILES string of the molecule is CC(=O)c1cc(OCC(O)CN2CCN(C)CC2)ccc1OCC(O)CN1CCN(C)CC1. The van der Waals surface area contributed by atoms with Crippen LogP contribution in [0.2, 0.25) is 0 Å². The molecule has 0 spiro atoms. The lowest BCUT2D eigenvalue weighted by molar-refractivity contribution is 0.0492. The molecule has 0 radical (unpaired) electrons. The molecule has 2 saturated heterocycles. The lowest BCUT2D eigenvalue weighted by Gasteiger charge is -2.33. The minimum Gasteiger partial charge on any atom is -0.491 e. The molecule has 0 saturated carbocycles. The number of hydrogen-bond acceptors (Lipinski definition) is 9. The first-order chi connectivity index (χ1) is 15.8. The molecule has 0 bridgehead atoms. The molecule has 3 rings (SSSR count). The first-order valence-electron chi connectivity index (χ1n) is 11.9. The number of carbonyl (C=O) groups is 1. The molecule has 0 aliphatic carbocycles. The Morgan fingerprint density at radius 3 is 1.82 bits per heavy atom. The molecule has 2 aliphatic rings. The number of aliphatic hydroxyl groups excluding tert-OH is 2. The molecule has 0 aromatic heterocycles. The normalized spacial score (nSPS) is 21.0. The Kier molecular flexibility index (Phi) is 9.91. The van der Waals surface area contributed by atoms with Crippen molar-refractivity contribution in [3.8, 4) is 11.5 Å². The van der Waals surface area contributed by atoms with Gasteiger partial charge in [-0.05, 0) is 39.2 Å². The van der Waals surface area contributed by atoms with Gasteiger partial charge in [-0.3, -0.25) is 14.6 Å². The molecule has 1 aromatic rings. The van der Waals surface area contributed by atoms with E-state index in [0.717, 1.165) is 52.4 Å². The highest BCUT2D eigenvalue weighted by Crippen LogP contribution is 2.25. The molecular weight excluding hydrogens is 424 g/mol. The Hall–Kier alpha value is -1.75. The summed E-state index contributed by atoms with van der Waals surface area (Å²) >= 11 is 0. The summed E-state index contributed by atoms with van der Waals surface area (Å²) in [4.78, 5) is 21.2. The van der Waals surface area contributed by atoms with Gasteiger partial charge < -0.3 is 29.5 Å². The number of piperazine rings is 2. The van der Waals surface area contributed by atoms with Gasteiger partial charge in [0, 0.05) is 65.4 Å². The zero-order valence-corrected chi connectivity index (χ0v) is 20.3. The van der Waals surface area contributed by atoms with Gasteiger partial charge in [-0.25, -0.2) is 0 Å². The van der Waals surface area contributed by atoms with Crippen LogP contribution in [0.5, 0.6) is 11.5 Å². The van der Waals surface area contributed by atoms with Crippen LogP contribution in [0, 0.1) is 0 Å². The molecule has 2 N–H and O–H groups in total. The number of nitrogens with zero attached hydrogens (tertiary/aromatic N) is 4. The Morgan fingerprint density at radius 1 is 0.848 bits per heavy atom. The number of rotatable bonds is 11. The van der Waals surface area contributed by atoms with E-state index in [4.69, 9.17) is 9.47 Å². The third-order valence-electron chi connectivity index (χ3n) is 6.33. The number of ketones is 1. The molecule has 2 atom stereocenters. The maximum Gasteiger partial charge on any atom is 0.163 e. The lowest BCUT2D eigenvalue weighted by Crippen LogP contribution is -2.47. The van der Waals surface area contributed by atoms with Crippen molar-refractivity contribution in [3.63, 3.8) is 0 Å².